The van der Waals surface area contributed by atoms with E-state index in [4.69, 9.17) is 4.98 Å². The maximum Gasteiger partial charge on any atom is 0.281 e. The van der Waals surface area contributed by atoms with Gasteiger partial charge >= 0.3 is 0 Å². The second kappa shape index (κ2) is 7.39. The number of unbranched alkanes of at least 4 members (excludes halogenated alkanes) is 1. The van der Waals surface area contributed by atoms with Crippen LogP contribution in [0.5, 0.6) is 0 Å². The molecule has 0 atom stereocenters. The largest absolute Gasteiger partial charge is 0.322 e. The van der Waals surface area contributed by atoms with E-state index in [-0.39, 0.29) is 5.91 Å². The number of guanidine groups is 1. The molecule has 6 nitrogen and oxygen atoms in total. The third kappa shape index (κ3) is 3.16. The maximum atomic E-state index is 13.2. The topological polar surface area (TPSA) is 53.7 Å². The lowest BCUT2D eigenvalue weighted by molar-refractivity contribution is 0.0827. The van der Waals surface area contributed by atoms with Gasteiger partial charge in [-0.05, 0) is 24.5 Å². The van der Waals surface area contributed by atoms with Crippen LogP contribution < -0.4 is 4.90 Å². The normalized spacial score (nSPS) is 16.5. The summed E-state index contributed by atoms with van der Waals surface area (Å²) < 4.78 is 1.90. The van der Waals surface area contributed by atoms with E-state index < -0.39 is 0 Å². The Hall–Kier alpha value is -2.89. The third-order valence-electron chi connectivity index (χ3n) is 5.05. The average Bonchev–Trinajstić information content (AvgIpc) is 3.04. The number of benzene rings is 1. The molecule has 0 saturated carbocycles. The molecule has 0 N–H and O–H groups in total. The van der Waals surface area contributed by atoms with Crippen molar-refractivity contribution in [3.63, 3.8) is 0 Å². The number of aliphatic imine (C=N–C) groups is 1. The number of hydrogen-bond acceptors (Lipinski definition) is 4. The Labute approximate surface area is 159 Å². The number of nitrogens with zero attached hydrogens (tertiary/aromatic N) is 5. The molecule has 0 fully saturated rings. The van der Waals surface area contributed by atoms with Crippen LogP contribution in [-0.4, -0.2) is 46.0 Å². The molecule has 2 aliphatic rings. The second-order valence-corrected chi connectivity index (χ2v) is 6.94. The van der Waals surface area contributed by atoms with Gasteiger partial charge < -0.3 is 4.57 Å². The van der Waals surface area contributed by atoms with Gasteiger partial charge in [-0.15, -0.1) is 0 Å². The van der Waals surface area contributed by atoms with Crippen molar-refractivity contribution in [2.24, 2.45) is 12.0 Å². The van der Waals surface area contributed by atoms with Crippen LogP contribution in [0, 0.1) is 0 Å². The van der Waals surface area contributed by atoms with Crippen LogP contribution >= 0.6 is 0 Å². The first-order valence-corrected chi connectivity index (χ1v) is 9.64. The van der Waals surface area contributed by atoms with Gasteiger partial charge in [0.15, 0.2) is 11.5 Å². The summed E-state index contributed by atoms with van der Waals surface area (Å²) in [5.41, 5.74) is 1.76. The predicted molar refractivity (Wildman–Crippen MR) is 109 cm³/mol. The quantitative estimate of drug-likeness (QED) is 0.818. The number of carbonyl (C=O) groups is 1. The van der Waals surface area contributed by atoms with Gasteiger partial charge in [-0.25, -0.2) is 4.98 Å². The molecule has 1 aromatic carbocycles. The van der Waals surface area contributed by atoms with Crippen LogP contribution in [0.2, 0.25) is 0 Å². The van der Waals surface area contributed by atoms with Gasteiger partial charge in [0.05, 0.1) is 0 Å². The number of carbonyl (C=O) groups excluding carboxylic acids is 1. The van der Waals surface area contributed by atoms with E-state index in [9.17, 15) is 4.79 Å². The van der Waals surface area contributed by atoms with Gasteiger partial charge in [0.2, 0.25) is 5.96 Å². The van der Waals surface area contributed by atoms with Gasteiger partial charge in [0.1, 0.15) is 5.82 Å². The third-order valence-corrected chi connectivity index (χ3v) is 5.05. The summed E-state index contributed by atoms with van der Waals surface area (Å²) in [7, 11) is 1.92. The number of fused-ring (bicyclic) bond motifs is 3. The fourth-order valence-corrected chi connectivity index (χ4v) is 3.57. The molecule has 1 aromatic heterocycles. The molecule has 0 saturated heterocycles. The van der Waals surface area contributed by atoms with Crippen molar-refractivity contribution < 1.29 is 4.79 Å². The Morgan fingerprint density at radius 1 is 1.19 bits per heavy atom. The van der Waals surface area contributed by atoms with Crippen LogP contribution in [-0.2, 0) is 7.05 Å². The fourth-order valence-electron chi connectivity index (χ4n) is 3.57. The van der Waals surface area contributed by atoms with Crippen molar-refractivity contribution in [2.75, 3.05) is 24.5 Å². The molecule has 0 unspecified atom stereocenters. The van der Waals surface area contributed by atoms with Crippen LogP contribution in [0.3, 0.4) is 0 Å². The second-order valence-electron chi connectivity index (χ2n) is 6.94. The number of imidazole rings is 1. The van der Waals surface area contributed by atoms with E-state index in [1.807, 2.05) is 59.0 Å². The van der Waals surface area contributed by atoms with Crippen molar-refractivity contribution in [3.05, 3.63) is 47.4 Å². The molecule has 3 heterocycles. The predicted octanol–water partition coefficient (Wildman–Crippen LogP) is 3.41. The van der Waals surface area contributed by atoms with Gasteiger partial charge in [-0.2, -0.15) is 0 Å². The summed E-state index contributed by atoms with van der Waals surface area (Å²) in [6.07, 6.45) is 6.98. The van der Waals surface area contributed by atoms with Crippen LogP contribution in [0.25, 0.3) is 12.2 Å². The molecule has 6 heteroatoms. The zero-order valence-electron chi connectivity index (χ0n) is 15.9. The standard InChI is InChI=1S/C21H25N5O/c1-3-4-14-26-20(27)18-19(25-15-8-13-22-21(25)26)23-17(24(18)2)12-11-16-9-6-5-7-10-16/h5-7,9-12H,3-4,8,13-15H2,1-2H3. The monoisotopic (exact) mass is 363 g/mol. The van der Waals surface area contributed by atoms with Crippen LogP contribution in [0.15, 0.2) is 35.3 Å². The Morgan fingerprint density at radius 3 is 2.78 bits per heavy atom. The minimum absolute atomic E-state index is 0.00436. The number of hydrogen-bond donors (Lipinski definition) is 0. The van der Waals surface area contributed by atoms with Crippen molar-refractivity contribution in [3.8, 4) is 0 Å². The molecule has 0 aliphatic carbocycles. The molecule has 1 amide bonds. The van der Waals surface area contributed by atoms with Crippen molar-refractivity contribution in [2.45, 2.75) is 26.2 Å². The molecular weight excluding hydrogens is 338 g/mol. The van der Waals surface area contributed by atoms with Gasteiger partial charge in [-0.1, -0.05) is 49.8 Å². The van der Waals surface area contributed by atoms with E-state index >= 15 is 0 Å². The van der Waals surface area contributed by atoms with Crippen LogP contribution in [0.1, 0.15) is 48.1 Å². The SMILES string of the molecule is CCCCN1C(=O)c2c(nc(C=Cc3ccccc3)n2C)N2CCCN=C12. The highest BCUT2D eigenvalue weighted by Crippen LogP contribution is 2.31. The Morgan fingerprint density at radius 2 is 2.00 bits per heavy atom. The molecule has 4 rings (SSSR count). The van der Waals surface area contributed by atoms with Gasteiger partial charge in [-0.3, -0.25) is 19.6 Å². The molecule has 27 heavy (non-hydrogen) atoms. The molecule has 0 radical (unpaired) electrons. The summed E-state index contributed by atoms with van der Waals surface area (Å²) in [6, 6.07) is 10.1. The molecule has 2 aromatic rings. The first-order chi connectivity index (χ1) is 13.2. The van der Waals surface area contributed by atoms with E-state index in [1.54, 1.807) is 0 Å². The van der Waals surface area contributed by atoms with Crippen LogP contribution in [0.4, 0.5) is 5.82 Å². The molecule has 140 valence electrons. The zero-order valence-corrected chi connectivity index (χ0v) is 15.9. The Bertz CT molecular complexity index is 897. The summed E-state index contributed by atoms with van der Waals surface area (Å²) in [5.74, 6) is 2.29. The summed E-state index contributed by atoms with van der Waals surface area (Å²) in [5, 5.41) is 0. The minimum atomic E-state index is 0.00436. The maximum absolute atomic E-state index is 13.2. The fraction of sp³-hybridized carbons (Fsp3) is 0.381. The Kier molecular flexibility index (Phi) is 4.79. The first kappa shape index (κ1) is 17.5. The van der Waals surface area contributed by atoms with E-state index in [1.165, 1.54) is 0 Å². The zero-order chi connectivity index (χ0) is 18.8. The molecular formula is C21H25N5O. The smallest absolute Gasteiger partial charge is 0.281 e. The number of anilines is 1. The van der Waals surface area contributed by atoms with E-state index in [0.29, 0.717) is 12.2 Å². The lowest BCUT2D eigenvalue weighted by atomic mass is 10.2. The highest BCUT2D eigenvalue weighted by atomic mass is 16.2. The minimum Gasteiger partial charge on any atom is -0.322 e. The Balaban J connectivity index is 1.73. The van der Waals surface area contributed by atoms with Crippen molar-refractivity contribution in [1.82, 2.24) is 14.5 Å². The van der Waals surface area contributed by atoms with Gasteiger partial charge in [0, 0.05) is 26.7 Å². The van der Waals surface area contributed by atoms with E-state index in [2.05, 4.69) is 16.8 Å². The van der Waals surface area contributed by atoms with Crippen molar-refractivity contribution in [1.29, 1.82) is 0 Å². The lowest BCUT2D eigenvalue weighted by Gasteiger charge is -2.38. The lowest BCUT2D eigenvalue weighted by Crippen LogP contribution is -2.54. The number of amides is 1. The molecule has 0 bridgehead atoms. The highest BCUT2D eigenvalue weighted by molar-refractivity contribution is 6.17. The number of rotatable bonds is 5. The van der Waals surface area contributed by atoms with Crippen molar-refractivity contribution >= 4 is 29.8 Å². The summed E-state index contributed by atoms with van der Waals surface area (Å²) in [4.78, 5) is 26.6. The summed E-state index contributed by atoms with van der Waals surface area (Å²) >= 11 is 0. The highest BCUT2D eigenvalue weighted by Gasteiger charge is 2.39. The van der Waals surface area contributed by atoms with Gasteiger partial charge in [0.25, 0.3) is 5.91 Å². The molecule has 2 aliphatic heterocycles. The average molecular weight is 363 g/mol. The first-order valence-electron chi connectivity index (χ1n) is 9.64. The van der Waals surface area contributed by atoms with E-state index in [0.717, 1.165) is 55.5 Å². The summed E-state index contributed by atoms with van der Waals surface area (Å²) in [6.45, 7) is 4.45. The molecule has 0 spiro atoms. The number of aromatic nitrogens is 2.